The Hall–Kier alpha value is -0.640. The molecule has 3 rings (SSSR count). The predicted molar refractivity (Wildman–Crippen MR) is 45.3 cm³/mol. The molecule has 2 bridgehead atoms. The van der Waals surface area contributed by atoms with Gasteiger partial charge >= 0.3 is 5.97 Å². The van der Waals surface area contributed by atoms with E-state index in [4.69, 9.17) is 5.11 Å². The Morgan fingerprint density at radius 3 is 2.38 bits per heavy atom. The van der Waals surface area contributed by atoms with Gasteiger partial charge in [-0.1, -0.05) is 0 Å². The molecule has 0 aromatic rings. The summed E-state index contributed by atoms with van der Waals surface area (Å²) < 4.78 is 13.6. The van der Waals surface area contributed by atoms with Crippen LogP contribution in [0, 0.1) is 0 Å². The summed E-state index contributed by atoms with van der Waals surface area (Å²) in [5.41, 5.74) is -2.11. The van der Waals surface area contributed by atoms with Crippen LogP contribution in [0.5, 0.6) is 0 Å². The molecule has 1 saturated carbocycles. The molecular formula is C9H14FNO2. The highest BCUT2D eigenvalue weighted by Crippen LogP contribution is 2.56. The van der Waals surface area contributed by atoms with Crippen LogP contribution in [0.25, 0.3) is 0 Å². The van der Waals surface area contributed by atoms with Gasteiger partial charge in [-0.05, 0) is 13.8 Å². The lowest BCUT2D eigenvalue weighted by Gasteiger charge is -2.41. The summed E-state index contributed by atoms with van der Waals surface area (Å²) in [7, 11) is 0. The first-order valence-corrected chi connectivity index (χ1v) is 4.59. The average Bonchev–Trinajstić information content (AvgIpc) is 2.36. The molecule has 13 heavy (non-hydrogen) atoms. The molecule has 0 spiro atoms. The lowest BCUT2D eigenvalue weighted by molar-refractivity contribution is -0.156. The minimum absolute atomic E-state index is 0.108. The molecule has 0 amide bonds. The molecule has 4 heteroatoms. The van der Waals surface area contributed by atoms with E-state index in [-0.39, 0.29) is 25.4 Å². The third-order valence-corrected chi connectivity index (χ3v) is 3.24. The highest BCUT2D eigenvalue weighted by atomic mass is 19.1. The number of halogens is 1. The number of rotatable bonds is 2. The van der Waals surface area contributed by atoms with E-state index in [1.165, 1.54) is 0 Å². The zero-order chi connectivity index (χ0) is 9.85. The van der Waals surface area contributed by atoms with Crippen LogP contribution in [0.4, 0.5) is 4.39 Å². The van der Waals surface area contributed by atoms with Crippen LogP contribution < -0.4 is 0 Å². The molecule has 0 radical (unpaired) electrons. The molecule has 1 aliphatic carbocycles. The van der Waals surface area contributed by atoms with Crippen LogP contribution in [0.1, 0.15) is 26.7 Å². The van der Waals surface area contributed by atoms with Gasteiger partial charge in [0.2, 0.25) is 0 Å². The van der Waals surface area contributed by atoms with Gasteiger partial charge in [0.1, 0.15) is 11.2 Å². The van der Waals surface area contributed by atoms with E-state index in [1.54, 1.807) is 4.90 Å². The molecule has 0 aromatic heterocycles. The maximum absolute atomic E-state index is 13.6. The number of alkyl halides is 1. The van der Waals surface area contributed by atoms with Crippen molar-refractivity contribution in [3.63, 3.8) is 0 Å². The Labute approximate surface area is 76.5 Å². The summed E-state index contributed by atoms with van der Waals surface area (Å²) in [4.78, 5) is 12.8. The molecule has 1 N–H and O–H groups in total. The molecule has 0 atom stereocenters. The van der Waals surface area contributed by atoms with Gasteiger partial charge in [0.05, 0.1) is 0 Å². The van der Waals surface area contributed by atoms with E-state index in [0.717, 1.165) is 0 Å². The topological polar surface area (TPSA) is 40.5 Å². The van der Waals surface area contributed by atoms with Crippen LogP contribution in [-0.2, 0) is 4.79 Å². The van der Waals surface area contributed by atoms with Crippen molar-refractivity contribution in [3.8, 4) is 0 Å². The van der Waals surface area contributed by atoms with Crippen molar-refractivity contribution in [2.45, 2.75) is 43.9 Å². The largest absolute Gasteiger partial charge is 0.480 e. The zero-order valence-corrected chi connectivity index (χ0v) is 7.88. The number of hydrogen-bond donors (Lipinski definition) is 1. The van der Waals surface area contributed by atoms with Crippen molar-refractivity contribution in [2.75, 3.05) is 6.54 Å². The van der Waals surface area contributed by atoms with E-state index in [2.05, 4.69) is 0 Å². The number of fused-ring (bicyclic) bond motifs is 1. The fourth-order valence-electron chi connectivity index (χ4n) is 2.72. The van der Waals surface area contributed by atoms with Gasteiger partial charge in [0.25, 0.3) is 0 Å². The normalized spacial score (nSPS) is 43.7. The standard InChI is InChI=1S/C9H14FNO2/c1-6(2)11-5-8(10)3-9(11,4-8)7(12)13/h6H,3-5H2,1-2H3,(H,12,13). The van der Waals surface area contributed by atoms with E-state index in [9.17, 15) is 9.18 Å². The highest BCUT2D eigenvalue weighted by Gasteiger charge is 2.70. The minimum Gasteiger partial charge on any atom is -0.480 e. The smallest absolute Gasteiger partial charge is 0.324 e. The molecule has 0 aromatic carbocycles. The predicted octanol–water partition coefficient (Wildman–Crippen LogP) is 1.04. The first-order chi connectivity index (χ1) is 5.90. The minimum atomic E-state index is -1.22. The fraction of sp³-hybridized carbons (Fsp3) is 0.889. The summed E-state index contributed by atoms with van der Waals surface area (Å²) >= 11 is 0. The molecule has 2 aliphatic heterocycles. The molecule has 3 fully saturated rings. The van der Waals surface area contributed by atoms with Gasteiger partial charge in [-0.15, -0.1) is 0 Å². The molecule has 2 heterocycles. The number of hydrogen-bond acceptors (Lipinski definition) is 2. The Balaban J connectivity index is 2.27. The van der Waals surface area contributed by atoms with Crippen molar-refractivity contribution < 1.29 is 14.3 Å². The lowest BCUT2D eigenvalue weighted by Crippen LogP contribution is -2.57. The highest BCUT2D eigenvalue weighted by molar-refractivity contribution is 5.82. The second-order valence-corrected chi connectivity index (χ2v) is 4.56. The Kier molecular flexibility index (Phi) is 1.54. The van der Waals surface area contributed by atoms with Crippen LogP contribution in [0.2, 0.25) is 0 Å². The SMILES string of the molecule is CC(C)N1CC2(F)CC1(C(=O)O)C2. The number of aliphatic carboxylic acids is 1. The van der Waals surface area contributed by atoms with E-state index < -0.39 is 17.2 Å². The second-order valence-electron chi connectivity index (χ2n) is 4.56. The lowest BCUT2D eigenvalue weighted by atomic mass is 9.71. The molecule has 0 unspecified atom stereocenters. The van der Waals surface area contributed by atoms with Crippen molar-refractivity contribution >= 4 is 5.97 Å². The maximum atomic E-state index is 13.6. The number of nitrogens with zero attached hydrogens (tertiary/aromatic N) is 1. The molecular weight excluding hydrogens is 173 g/mol. The van der Waals surface area contributed by atoms with Crippen molar-refractivity contribution in [1.29, 1.82) is 0 Å². The average molecular weight is 187 g/mol. The monoisotopic (exact) mass is 187 g/mol. The van der Waals surface area contributed by atoms with Gasteiger partial charge < -0.3 is 5.11 Å². The zero-order valence-electron chi connectivity index (χ0n) is 7.88. The summed E-state index contributed by atoms with van der Waals surface area (Å²) in [6.07, 6.45) is 0.348. The summed E-state index contributed by atoms with van der Waals surface area (Å²) in [6, 6.07) is 0.108. The first kappa shape index (κ1) is 8.94. The van der Waals surface area contributed by atoms with Crippen LogP contribution in [0.15, 0.2) is 0 Å². The molecule has 3 nitrogen and oxygen atoms in total. The van der Waals surface area contributed by atoms with Gasteiger partial charge in [0, 0.05) is 25.4 Å². The number of carboxylic acids is 1. The second kappa shape index (κ2) is 2.23. The van der Waals surface area contributed by atoms with Crippen molar-refractivity contribution in [2.24, 2.45) is 0 Å². The van der Waals surface area contributed by atoms with Crippen LogP contribution >= 0.6 is 0 Å². The van der Waals surface area contributed by atoms with E-state index in [1.807, 2.05) is 13.8 Å². The van der Waals surface area contributed by atoms with Gasteiger partial charge in [-0.2, -0.15) is 0 Å². The number of carboxylic acid groups (broad SMARTS) is 1. The van der Waals surface area contributed by atoms with E-state index >= 15 is 0 Å². The van der Waals surface area contributed by atoms with Crippen molar-refractivity contribution in [1.82, 2.24) is 4.90 Å². The maximum Gasteiger partial charge on any atom is 0.324 e. The molecule has 74 valence electrons. The summed E-state index contributed by atoms with van der Waals surface area (Å²) in [6.45, 7) is 4.11. The van der Waals surface area contributed by atoms with Crippen LogP contribution in [0.3, 0.4) is 0 Å². The summed E-state index contributed by atoms with van der Waals surface area (Å²) in [5, 5.41) is 9.04. The Bertz CT molecular complexity index is 258. The van der Waals surface area contributed by atoms with E-state index in [0.29, 0.717) is 0 Å². The third-order valence-electron chi connectivity index (χ3n) is 3.24. The molecule has 3 aliphatic rings. The van der Waals surface area contributed by atoms with Gasteiger partial charge in [-0.25, -0.2) is 4.39 Å². The number of carbonyl (C=O) groups is 1. The van der Waals surface area contributed by atoms with Crippen molar-refractivity contribution in [3.05, 3.63) is 0 Å². The van der Waals surface area contributed by atoms with Crippen LogP contribution in [-0.4, -0.2) is 39.8 Å². The fourth-order valence-corrected chi connectivity index (χ4v) is 2.72. The van der Waals surface area contributed by atoms with Gasteiger partial charge in [0.15, 0.2) is 0 Å². The first-order valence-electron chi connectivity index (χ1n) is 4.59. The molecule has 2 saturated heterocycles. The van der Waals surface area contributed by atoms with Gasteiger partial charge in [-0.3, -0.25) is 9.69 Å². The summed E-state index contributed by atoms with van der Waals surface area (Å²) in [5.74, 6) is -0.869. The Morgan fingerprint density at radius 2 is 2.08 bits per heavy atom. The quantitative estimate of drug-likeness (QED) is 0.702. The Morgan fingerprint density at radius 1 is 1.54 bits per heavy atom. The third kappa shape index (κ3) is 0.950.